The summed E-state index contributed by atoms with van der Waals surface area (Å²) in [6.45, 7) is 6.01. The van der Waals surface area contributed by atoms with Crippen molar-refractivity contribution < 1.29 is 37.4 Å². The van der Waals surface area contributed by atoms with Crippen LogP contribution in [0, 0.1) is 11.3 Å². The number of carbonyl (C=O) groups is 3. The highest BCUT2D eigenvalue weighted by molar-refractivity contribution is 5.92. The number of rotatable bonds is 6. The fourth-order valence-electron chi connectivity index (χ4n) is 2.68. The molecule has 1 aliphatic rings. The molecule has 0 bridgehead atoms. The average molecular weight is 413 g/mol. The van der Waals surface area contributed by atoms with Crippen LogP contribution in [0.15, 0.2) is 24.3 Å². The molecular weight excluding hydrogens is 388 g/mol. The van der Waals surface area contributed by atoms with Crippen LogP contribution in [-0.2, 0) is 19.1 Å². The van der Waals surface area contributed by atoms with Gasteiger partial charge in [0.15, 0.2) is 0 Å². The van der Waals surface area contributed by atoms with Gasteiger partial charge in [-0.25, -0.2) is 9.18 Å². The van der Waals surface area contributed by atoms with E-state index in [1.54, 1.807) is 27.7 Å². The molecule has 4 unspecified atom stereocenters. The van der Waals surface area contributed by atoms with Crippen LogP contribution in [0.4, 0.5) is 8.78 Å². The highest BCUT2D eigenvalue weighted by Gasteiger charge is 2.55. The fourth-order valence-corrected chi connectivity index (χ4v) is 2.68. The molecule has 1 saturated heterocycles. The van der Waals surface area contributed by atoms with E-state index >= 15 is 4.39 Å². The highest BCUT2D eigenvalue weighted by Crippen LogP contribution is 2.37. The number of esters is 1. The van der Waals surface area contributed by atoms with Crippen LogP contribution in [0.25, 0.3) is 0 Å². The molecule has 1 amide bonds. The Kier molecular flexibility index (Phi) is 6.94. The zero-order valence-corrected chi connectivity index (χ0v) is 16.7. The number of para-hydroxylation sites is 1. The van der Waals surface area contributed by atoms with Crippen molar-refractivity contribution in [2.24, 2.45) is 11.3 Å². The Morgan fingerprint density at radius 3 is 2.59 bits per heavy atom. The molecule has 4 atom stereocenters. The van der Waals surface area contributed by atoms with Crippen LogP contribution in [0.5, 0.6) is 5.75 Å². The van der Waals surface area contributed by atoms with Crippen molar-refractivity contribution in [1.29, 1.82) is 0 Å². The number of hydrogen-bond acceptors (Lipinski definition) is 6. The number of halogens is 2. The number of ether oxygens (including phenoxy) is 3. The van der Waals surface area contributed by atoms with Gasteiger partial charge in [0.2, 0.25) is 5.91 Å². The van der Waals surface area contributed by atoms with E-state index < -0.39 is 48.1 Å². The Morgan fingerprint density at radius 1 is 1.34 bits per heavy atom. The second kappa shape index (κ2) is 8.86. The molecule has 1 N–H and O–H groups in total. The van der Waals surface area contributed by atoms with Crippen molar-refractivity contribution in [3.05, 3.63) is 29.8 Å². The molecule has 1 aromatic rings. The molecule has 0 radical (unpaired) electrons. The van der Waals surface area contributed by atoms with Crippen molar-refractivity contribution in [3.63, 3.8) is 0 Å². The fraction of sp³-hybridized carbons (Fsp3) is 0.550. The third kappa shape index (κ3) is 5.09. The molecule has 1 heterocycles. The van der Waals surface area contributed by atoms with E-state index in [0.29, 0.717) is 0 Å². The Hall–Kier alpha value is -2.55. The molecule has 7 nitrogen and oxygen atoms in total. The van der Waals surface area contributed by atoms with Gasteiger partial charge in [-0.05, 0) is 19.1 Å². The number of nitrogens with one attached hydrogen (secondary N) is 1. The first-order chi connectivity index (χ1) is 13.5. The molecule has 160 valence electrons. The first kappa shape index (κ1) is 22.7. The van der Waals surface area contributed by atoms with Crippen LogP contribution in [0.1, 0.15) is 38.1 Å². The molecule has 0 aliphatic carbocycles. The van der Waals surface area contributed by atoms with Gasteiger partial charge < -0.3 is 24.3 Å². The minimum atomic E-state index is -3.16. The number of hydrogen-bond donors (Lipinski definition) is 1. The topological polar surface area (TPSA) is 90.9 Å². The van der Waals surface area contributed by atoms with Gasteiger partial charge in [0.05, 0.1) is 19.3 Å². The Morgan fingerprint density at radius 2 is 2.00 bits per heavy atom. The van der Waals surface area contributed by atoms with Crippen LogP contribution < -0.4 is 10.1 Å². The lowest BCUT2D eigenvalue weighted by Gasteiger charge is -2.40. The second-order valence-electron chi connectivity index (χ2n) is 7.65. The van der Waals surface area contributed by atoms with E-state index in [2.05, 4.69) is 5.32 Å². The predicted octanol–water partition coefficient (Wildman–Crippen LogP) is 2.58. The zero-order chi connectivity index (χ0) is 21.8. The van der Waals surface area contributed by atoms with Gasteiger partial charge in [-0.15, -0.1) is 0 Å². The van der Waals surface area contributed by atoms with E-state index in [9.17, 15) is 18.8 Å². The number of carbonyl (C=O) groups excluding carboxylic acids is 3. The molecule has 0 saturated carbocycles. The van der Waals surface area contributed by atoms with Gasteiger partial charge in [-0.1, -0.05) is 32.9 Å². The van der Waals surface area contributed by atoms with Crippen LogP contribution in [-0.4, -0.2) is 49.6 Å². The molecule has 9 heteroatoms. The number of aldehydes is 1. The normalized spacial score (nSPS) is 27.0. The molecule has 1 aliphatic heterocycles. The lowest BCUT2D eigenvalue weighted by Crippen LogP contribution is -2.62. The molecule has 0 spiro atoms. The smallest absolute Gasteiger partial charge is 0.376 e. The van der Waals surface area contributed by atoms with Gasteiger partial charge >= 0.3 is 12.0 Å². The van der Waals surface area contributed by atoms with Gasteiger partial charge in [0.1, 0.15) is 29.7 Å². The summed E-state index contributed by atoms with van der Waals surface area (Å²) < 4.78 is 45.4. The standard InChI is InChI=1S/C20H25F2NO6/c1-5-27-17(25)12-8-6-7-9-15(12)29-20(22)13(10-24)16(21)14(11-28-20)23-18(26)19(2,3)4/h6-10,13-14,16H,5,11H2,1-4H3,(H,23,26). The SMILES string of the molecule is CCOC(=O)c1ccccc1OC1(F)OCC(NC(=O)C(C)(C)C)C(F)C1C=O. The molecule has 2 rings (SSSR count). The largest absolute Gasteiger partial charge is 0.462 e. The van der Waals surface area contributed by atoms with E-state index in [1.807, 2.05) is 0 Å². The first-order valence-electron chi connectivity index (χ1n) is 9.22. The third-order valence-corrected chi connectivity index (χ3v) is 4.36. The maximum atomic E-state index is 15.4. The minimum absolute atomic E-state index is 0.0348. The van der Waals surface area contributed by atoms with E-state index in [-0.39, 0.29) is 24.2 Å². The summed E-state index contributed by atoms with van der Waals surface area (Å²) in [6.07, 6.45) is -2.07. The summed E-state index contributed by atoms with van der Waals surface area (Å²) >= 11 is 0. The Balaban J connectivity index is 2.24. The number of amides is 1. The number of alkyl halides is 2. The summed E-state index contributed by atoms with van der Waals surface area (Å²) in [5.74, 6) is -3.49. The van der Waals surface area contributed by atoms with Crippen molar-refractivity contribution in [2.45, 2.75) is 45.9 Å². The van der Waals surface area contributed by atoms with Gasteiger partial charge in [0, 0.05) is 5.41 Å². The summed E-state index contributed by atoms with van der Waals surface area (Å²) in [6, 6.07) is 1.21. The minimum Gasteiger partial charge on any atom is -0.462 e. The zero-order valence-electron chi connectivity index (χ0n) is 16.7. The first-order valence-corrected chi connectivity index (χ1v) is 9.22. The van der Waals surface area contributed by atoms with Crippen LogP contribution >= 0.6 is 0 Å². The Labute approximate surface area is 167 Å². The molecule has 0 aromatic heterocycles. The summed E-state index contributed by atoms with van der Waals surface area (Å²) in [4.78, 5) is 35.6. The van der Waals surface area contributed by atoms with Crippen molar-refractivity contribution in [3.8, 4) is 5.75 Å². The van der Waals surface area contributed by atoms with Crippen LogP contribution in [0.3, 0.4) is 0 Å². The maximum absolute atomic E-state index is 15.4. The lowest BCUT2D eigenvalue weighted by atomic mass is 9.91. The summed E-state index contributed by atoms with van der Waals surface area (Å²) in [5, 5.41) is 2.43. The monoisotopic (exact) mass is 413 g/mol. The predicted molar refractivity (Wildman–Crippen MR) is 98.7 cm³/mol. The van der Waals surface area contributed by atoms with Crippen molar-refractivity contribution >= 4 is 18.2 Å². The van der Waals surface area contributed by atoms with E-state index in [0.717, 1.165) is 0 Å². The second-order valence-corrected chi connectivity index (χ2v) is 7.65. The van der Waals surface area contributed by atoms with Crippen LogP contribution in [0.2, 0.25) is 0 Å². The van der Waals surface area contributed by atoms with Gasteiger partial charge in [0.25, 0.3) is 0 Å². The summed E-state index contributed by atoms with van der Waals surface area (Å²) in [5.41, 5.74) is -0.909. The van der Waals surface area contributed by atoms with E-state index in [4.69, 9.17) is 14.2 Å². The maximum Gasteiger partial charge on any atom is 0.376 e. The lowest BCUT2D eigenvalue weighted by molar-refractivity contribution is -0.324. The van der Waals surface area contributed by atoms with Gasteiger partial charge in [-0.3, -0.25) is 4.79 Å². The molecular formula is C20H25F2NO6. The van der Waals surface area contributed by atoms with Gasteiger partial charge in [-0.2, -0.15) is 4.39 Å². The van der Waals surface area contributed by atoms with Crippen molar-refractivity contribution in [2.75, 3.05) is 13.2 Å². The number of benzene rings is 1. The molecule has 1 aromatic carbocycles. The Bertz CT molecular complexity index is 766. The quantitative estimate of drug-likeness (QED) is 0.569. The highest BCUT2D eigenvalue weighted by atomic mass is 19.2. The van der Waals surface area contributed by atoms with Crippen molar-refractivity contribution in [1.82, 2.24) is 5.32 Å². The van der Waals surface area contributed by atoms with E-state index in [1.165, 1.54) is 24.3 Å². The molecule has 1 fully saturated rings. The average Bonchev–Trinajstić information content (AvgIpc) is 2.64. The summed E-state index contributed by atoms with van der Waals surface area (Å²) in [7, 11) is 0. The molecule has 29 heavy (non-hydrogen) atoms. The third-order valence-electron chi connectivity index (χ3n) is 4.36.